The van der Waals surface area contributed by atoms with E-state index in [1.807, 2.05) is 0 Å². The summed E-state index contributed by atoms with van der Waals surface area (Å²) in [4.78, 5) is 11.9. The molecule has 0 fully saturated rings. The normalized spacial score (nSPS) is 11.5. The molecule has 0 radical (unpaired) electrons. The van der Waals surface area contributed by atoms with E-state index in [0.717, 1.165) is 0 Å². The van der Waals surface area contributed by atoms with Gasteiger partial charge in [0, 0.05) is 6.08 Å². The van der Waals surface area contributed by atoms with Crippen LogP contribution < -0.4 is 9.46 Å². The summed E-state index contributed by atoms with van der Waals surface area (Å²) in [5.74, 6) is 0.489. The molecule has 162 valence electrons. The van der Waals surface area contributed by atoms with Gasteiger partial charge in [-0.15, -0.1) is 0 Å². The summed E-state index contributed by atoms with van der Waals surface area (Å²) in [6.45, 7) is 0.289. The molecule has 0 spiro atoms. The lowest BCUT2D eigenvalue weighted by Gasteiger charge is -2.07. The lowest BCUT2D eigenvalue weighted by Crippen LogP contribution is -2.22. The fourth-order valence-electron chi connectivity index (χ4n) is 2.49. The number of carbonyl (C=O) groups is 1. The van der Waals surface area contributed by atoms with Crippen molar-refractivity contribution in [3.05, 3.63) is 89.3 Å². The van der Waals surface area contributed by atoms with E-state index in [0.29, 0.717) is 22.1 Å². The van der Waals surface area contributed by atoms with Crippen molar-refractivity contribution < 1.29 is 27.1 Å². The van der Waals surface area contributed by atoms with E-state index in [1.54, 1.807) is 48.5 Å². The van der Waals surface area contributed by atoms with Gasteiger partial charge in [-0.2, -0.15) is 0 Å². The Hall–Kier alpha value is -3.07. The Balaban J connectivity index is 1.45. The zero-order valence-corrected chi connectivity index (χ0v) is 17.9. The molecule has 9 heteroatoms. The van der Waals surface area contributed by atoms with Gasteiger partial charge in [0.2, 0.25) is 10.0 Å². The molecule has 2 aromatic carbocycles. The van der Waals surface area contributed by atoms with Crippen molar-refractivity contribution in [1.29, 1.82) is 0 Å². The van der Waals surface area contributed by atoms with Crippen LogP contribution in [0.4, 0.5) is 0 Å². The SMILES string of the molecule is O=C(/C=C/c1ccc(S(=O)(=O)NCc2ccco2)cc1)OCCOc1ccccc1Cl. The number of benzene rings is 2. The molecule has 1 N–H and O–H groups in total. The van der Waals surface area contributed by atoms with Crippen molar-refractivity contribution in [2.45, 2.75) is 11.4 Å². The van der Waals surface area contributed by atoms with Crippen molar-refractivity contribution in [3.63, 3.8) is 0 Å². The highest BCUT2D eigenvalue weighted by atomic mass is 35.5. The van der Waals surface area contributed by atoms with E-state index in [9.17, 15) is 13.2 Å². The third kappa shape index (κ3) is 6.99. The van der Waals surface area contributed by atoms with Gasteiger partial charge in [-0.1, -0.05) is 35.9 Å². The molecule has 0 amide bonds. The largest absolute Gasteiger partial charge is 0.488 e. The van der Waals surface area contributed by atoms with E-state index in [1.165, 1.54) is 30.5 Å². The lowest BCUT2D eigenvalue weighted by molar-refractivity contribution is -0.138. The topological polar surface area (TPSA) is 94.8 Å². The van der Waals surface area contributed by atoms with E-state index in [4.69, 9.17) is 25.5 Å². The first-order chi connectivity index (χ1) is 14.9. The standard InChI is InChI=1S/C22H20ClNO6S/c23-20-5-1-2-6-21(20)29-14-15-30-22(25)12-9-17-7-10-19(11-8-17)31(26,27)24-16-18-4-3-13-28-18/h1-13,24H,14-16H2/b12-9+. The molecule has 0 aliphatic carbocycles. The van der Waals surface area contributed by atoms with Crippen LogP contribution in [-0.4, -0.2) is 27.6 Å². The predicted octanol–water partition coefficient (Wildman–Crippen LogP) is 4.05. The van der Waals surface area contributed by atoms with Gasteiger partial charge in [-0.25, -0.2) is 17.9 Å². The highest BCUT2D eigenvalue weighted by molar-refractivity contribution is 7.89. The van der Waals surface area contributed by atoms with Gasteiger partial charge in [-0.05, 0) is 48.0 Å². The molecular formula is C22H20ClNO6S. The Kier molecular flexibility index (Phi) is 7.88. The van der Waals surface area contributed by atoms with Gasteiger partial charge in [0.1, 0.15) is 24.7 Å². The maximum Gasteiger partial charge on any atom is 0.330 e. The number of halogens is 1. The van der Waals surface area contributed by atoms with E-state index < -0.39 is 16.0 Å². The van der Waals surface area contributed by atoms with Crippen LogP contribution in [0.3, 0.4) is 0 Å². The van der Waals surface area contributed by atoms with Crippen molar-refractivity contribution in [2.75, 3.05) is 13.2 Å². The number of hydrogen-bond acceptors (Lipinski definition) is 6. The summed E-state index contributed by atoms with van der Waals surface area (Å²) in [6, 6.07) is 16.5. The minimum Gasteiger partial charge on any atom is -0.488 e. The maximum absolute atomic E-state index is 12.3. The number of furan rings is 1. The second-order valence-electron chi connectivity index (χ2n) is 6.25. The van der Waals surface area contributed by atoms with Crippen molar-refractivity contribution in [1.82, 2.24) is 4.72 Å². The van der Waals surface area contributed by atoms with Gasteiger partial charge in [0.05, 0.1) is 22.7 Å². The molecule has 0 saturated heterocycles. The van der Waals surface area contributed by atoms with E-state index >= 15 is 0 Å². The molecule has 31 heavy (non-hydrogen) atoms. The number of nitrogens with one attached hydrogen (secondary N) is 1. The van der Waals surface area contributed by atoms with Crippen LogP contribution in [-0.2, 0) is 26.1 Å². The van der Waals surface area contributed by atoms with Gasteiger partial charge >= 0.3 is 5.97 Å². The second kappa shape index (κ2) is 10.8. The summed E-state index contributed by atoms with van der Waals surface area (Å²) >= 11 is 5.97. The smallest absolute Gasteiger partial charge is 0.330 e. The quantitative estimate of drug-likeness (QED) is 0.278. The maximum atomic E-state index is 12.3. The molecule has 3 aromatic rings. The number of para-hydroxylation sites is 1. The third-order valence-corrected chi connectivity index (χ3v) is 5.77. The summed E-state index contributed by atoms with van der Waals surface area (Å²) in [6.07, 6.45) is 4.26. The number of carbonyl (C=O) groups excluding carboxylic acids is 1. The Morgan fingerprint density at radius 2 is 1.81 bits per heavy atom. The van der Waals surface area contributed by atoms with Crippen molar-refractivity contribution in [3.8, 4) is 5.75 Å². The number of esters is 1. The highest BCUT2D eigenvalue weighted by Gasteiger charge is 2.14. The molecule has 0 aliphatic rings. The summed E-state index contributed by atoms with van der Waals surface area (Å²) in [7, 11) is -3.67. The first kappa shape index (κ1) is 22.6. The molecule has 3 rings (SSSR count). The Morgan fingerprint density at radius 1 is 1.03 bits per heavy atom. The minimum absolute atomic E-state index is 0.0586. The third-order valence-electron chi connectivity index (χ3n) is 4.04. The zero-order chi connectivity index (χ0) is 22.1. The second-order valence-corrected chi connectivity index (χ2v) is 8.43. The molecule has 1 heterocycles. The van der Waals surface area contributed by atoms with E-state index in [-0.39, 0.29) is 24.7 Å². The molecule has 0 aliphatic heterocycles. The van der Waals surface area contributed by atoms with Gasteiger partial charge < -0.3 is 13.9 Å². The van der Waals surface area contributed by atoms with Crippen LogP contribution in [0.25, 0.3) is 6.08 Å². The lowest BCUT2D eigenvalue weighted by atomic mass is 10.2. The molecule has 0 bridgehead atoms. The first-order valence-electron chi connectivity index (χ1n) is 9.28. The summed E-state index contributed by atoms with van der Waals surface area (Å²) < 4.78 is 42.7. The molecule has 0 atom stereocenters. The van der Waals surface area contributed by atoms with Gasteiger partial charge in [0.15, 0.2) is 0 Å². The van der Waals surface area contributed by atoms with Crippen molar-refractivity contribution in [2.24, 2.45) is 0 Å². The Bertz CT molecular complexity index is 1130. The minimum atomic E-state index is -3.67. The first-order valence-corrected chi connectivity index (χ1v) is 11.1. The summed E-state index contributed by atoms with van der Waals surface area (Å²) in [5, 5.41) is 0.482. The van der Waals surface area contributed by atoms with Crippen LogP contribution in [0.15, 0.2) is 82.3 Å². The van der Waals surface area contributed by atoms with Crippen LogP contribution in [0.2, 0.25) is 5.02 Å². The van der Waals surface area contributed by atoms with Gasteiger partial charge in [0.25, 0.3) is 0 Å². The molecule has 1 aromatic heterocycles. The molecule has 0 unspecified atom stereocenters. The van der Waals surface area contributed by atoms with Crippen LogP contribution in [0.5, 0.6) is 5.75 Å². The summed E-state index contributed by atoms with van der Waals surface area (Å²) in [5.41, 5.74) is 0.647. The highest BCUT2D eigenvalue weighted by Crippen LogP contribution is 2.22. The van der Waals surface area contributed by atoms with Crippen molar-refractivity contribution >= 4 is 33.7 Å². The number of rotatable bonds is 10. The predicted molar refractivity (Wildman–Crippen MR) is 116 cm³/mol. The number of ether oxygens (including phenoxy) is 2. The van der Waals surface area contributed by atoms with Gasteiger partial charge in [-0.3, -0.25) is 0 Å². The van der Waals surface area contributed by atoms with Crippen LogP contribution in [0.1, 0.15) is 11.3 Å². The molecule has 0 saturated carbocycles. The Morgan fingerprint density at radius 3 is 2.52 bits per heavy atom. The molecular weight excluding hydrogens is 442 g/mol. The number of hydrogen-bond donors (Lipinski definition) is 1. The average molecular weight is 462 g/mol. The average Bonchev–Trinajstić information content (AvgIpc) is 3.29. The van der Waals surface area contributed by atoms with E-state index in [2.05, 4.69) is 4.72 Å². The molecule has 7 nitrogen and oxygen atoms in total. The number of sulfonamides is 1. The van der Waals surface area contributed by atoms with Crippen LogP contribution in [0, 0.1) is 0 Å². The fourth-order valence-corrected chi connectivity index (χ4v) is 3.67. The zero-order valence-electron chi connectivity index (χ0n) is 16.4. The fraction of sp³-hybridized carbons (Fsp3) is 0.136. The Labute approximate surface area is 185 Å². The van der Waals surface area contributed by atoms with Crippen LogP contribution >= 0.6 is 11.6 Å². The monoisotopic (exact) mass is 461 g/mol.